The summed E-state index contributed by atoms with van der Waals surface area (Å²) in [5.74, 6) is -0.446. The minimum Gasteiger partial charge on any atom is -0.479 e. The summed E-state index contributed by atoms with van der Waals surface area (Å²) in [5.41, 5.74) is 2.01. The summed E-state index contributed by atoms with van der Waals surface area (Å²) in [7, 11) is 3.36. The molecule has 1 rings (SSSR count). The van der Waals surface area contributed by atoms with Crippen molar-refractivity contribution in [2.75, 3.05) is 13.7 Å². The maximum Gasteiger partial charge on any atom is 0.341 e. The molecule has 17 heavy (non-hydrogen) atoms. The fraction of sp³-hybridized carbons (Fsp3) is 0.444. The minimum absolute atomic E-state index is 0.297. The average Bonchev–Trinajstić information content (AvgIpc) is 2.63. The number of aromatic nitrogens is 2. The first-order valence-electron chi connectivity index (χ1n) is 4.81. The van der Waals surface area contributed by atoms with Crippen LogP contribution in [0, 0.1) is 0 Å². The molecule has 94 valence electrons. The standard InChI is InChI=1S/C9H14N4O4/c1-12-4-3-10-7(12)5-13(2)9(16)11-17-6-8(14)15/h3-4H,5-6H2,1-2H3,(H,11,16)(H,14,15). The summed E-state index contributed by atoms with van der Waals surface area (Å²) in [6.07, 6.45) is 3.39. The zero-order chi connectivity index (χ0) is 12.8. The summed E-state index contributed by atoms with van der Waals surface area (Å²) >= 11 is 0. The number of aryl methyl sites for hydroxylation is 1. The molecule has 8 heteroatoms. The second kappa shape index (κ2) is 5.85. The predicted molar refractivity (Wildman–Crippen MR) is 56.8 cm³/mol. The number of hydrogen-bond donors (Lipinski definition) is 2. The number of hydrogen-bond acceptors (Lipinski definition) is 4. The van der Waals surface area contributed by atoms with E-state index < -0.39 is 18.6 Å². The van der Waals surface area contributed by atoms with E-state index in [1.54, 1.807) is 24.0 Å². The zero-order valence-electron chi connectivity index (χ0n) is 9.58. The van der Waals surface area contributed by atoms with Gasteiger partial charge in [0.25, 0.3) is 0 Å². The zero-order valence-corrected chi connectivity index (χ0v) is 9.58. The number of carbonyl (C=O) groups excluding carboxylic acids is 1. The normalized spacial score (nSPS) is 10.0. The van der Waals surface area contributed by atoms with Crippen LogP contribution in [0.3, 0.4) is 0 Å². The fourth-order valence-corrected chi connectivity index (χ4v) is 1.07. The van der Waals surface area contributed by atoms with Crippen molar-refractivity contribution in [3.05, 3.63) is 18.2 Å². The molecule has 1 aromatic heterocycles. The van der Waals surface area contributed by atoms with Gasteiger partial charge in [-0.15, -0.1) is 0 Å². The molecular formula is C9H14N4O4. The van der Waals surface area contributed by atoms with Crippen LogP contribution in [0.1, 0.15) is 5.82 Å². The Morgan fingerprint density at radius 3 is 2.88 bits per heavy atom. The van der Waals surface area contributed by atoms with Crippen LogP contribution in [0.4, 0.5) is 4.79 Å². The molecular weight excluding hydrogens is 228 g/mol. The molecule has 0 saturated heterocycles. The Kier molecular flexibility index (Phi) is 4.46. The number of amides is 2. The van der Waals surface area contributed by atoms with E-state index in [9.17, 15) is 9.59 Å². The van der Waals surface area contributed by atoms with Gasteiger partial charge in [0.05, 0.1) is 6.54 Å². The van der Waals surface area contributed by atoms with E-state index in [0.29, 0.717) is 12.4 Å². The third-order valence-electron chi connectivity index (χ3n) is 2.00. The van der Waals surface area contributed by atoms with Gasteiger partial charge < -0.3 is 14.6 Å². The SMILES string of the molecule is CN(Cc1nccn1C)C(=O)NOCC(=O)O. The summed E-state index contributed by atoms with van der Waals surface area (Å²) in [4.78, 5) is 31.4. The second-order valence-electron chi connectivity index (χ2n) is 3.40. The number of aliphatic carboxylic acids is 1. The molecule has 0 aliphatic rings. The maximum absolute atomic E-state index is 11.4. The lowest BCUT2D eigenvalue weighted by atomic mass is 10.5. The van der Waals surface area contributed by atoms with Crippen molar-refractivity contribution >= 4 is 12.0 Å². The predicted octanol–water partition coefficient (Wildman–Crippen LogP) is -0.422. The van der Waals surface area contributed by atoms with Crippen LogP contribution in [-0.4, -0.2) is 45.2 Å². The van der Waals surface area contributed by atoms with Gasteiger partial charge in [0.2, 0.25) is 0 Å². The molecule has 0 radical (unpaired) electrons. The summed E-state index contributed by atoms with van der Waals surface area (Å²) < 4.78 is 1.78. The molecule has 0 spiro atoms. The molecule has 0 bridgehead atoms. The van der Waals surface area contributed by atoms with Gasteiger partial charge in [-0.3, -0.25) is 4.84 Å². The molecule has 1 aromatic rings. The van der Waals surface area contributed by atoms with Crippen molar-refractivity contribution in [3.8, 4) is 0 Å². The van der Waals surface area contributed by atoms with Gasteiger partial charge in [-0.05, 0) is 0 Å². The highest BCUT2D eigenvalue weighted by Gasteiger charge is 2.11. The number of rotatable bonds is 5. The lowest BCUT2D eigenvalue weighted by Gasteiger charge is -2.16. The Morgan fingerprint density at radius 2 is 2.35 bits per heavy atom. The Labute approximate surface area is 97.8 Å². The van der Waals surface area contributed by atoms with Crippen LogP contribution in [0.5, 0.6) is 0 Å². The van der Waals surface area contributed by atoms with Crippen LogP contribution in [0.15, 0.2) is 12.4 Å². The highest BCUT2D eigenvalue weighted by molar-refractivity contribution is 5.73. The van der Waals surface area contributed by atoms with E-state index in [-0.39, 0.29) is 0 Å². The Bertz CT molecular complexity index is 403. The molecule has 2 amide bonds. The van der Waals surface area contributed by atoms with Crippen LogP contribution in [0.2, 0.25) is 0 Å². The molecule has 0 aliphatic heterocycles. The van der Waals surface area contributed by atoms with Crippen LogP contribution in [0.25, 0.3) is 0 Å². The van der Waals surface area contributed by atoms with Crippen molar-refractivity contribution in [1.82, 2.24) is 19.9 Å². The van der Waals surface area contributed by atoms with E-state index in [0.717, 1.165) is 0 Å². The van der Waals surface area contributed by atoms with E-state index in [2.05, 4.69) is 9.82 Å². The maximum atomic E-state index is 11.4. The first-order chi connectivity index (χ1) is 8.00. The van der Waals surface area contributed by atoms with E-state index in [4.69, 9.17) is 5.11 Å². The van der Waals surface area contributed by atoms with Gasteiger partial charge in [0.1, 0.15) is 5.82 Å². The second-order valence-corrected chi connectivity index (χ2v) is 3.40. The number of urea groups is 1. The third-order valence-corrected chi connectivity index (χ3v) is 2.00. The van der Waals surface area contributed by atoms with Gasteiger partial charge in [0.15, 0.2) is 6.61 Å². The van der Waals surface area contributed by atoms with Crippen molar-refractivity contribution < 1.29 is 19.5 Å². The first kappa shape index (κ1) is 13.0. The van der Waals surface area contributed by atoms with Crippen LogP contribution >= 0.6 is 0 Å². The topological polar surface area (TPSA) is 96.7 Å². The van der Waals surface area contributed by atoms with Gasteiger partial charge in [-0.25, -0.2) is 20.1 Å². The number of carboxylic acids is 1. The van der Waals surface area contributed by atoms with E-state index >= 15 is 0 Å². The molecule has 0 atom stereocenters. The first-order valence-corrected chi connectivity index (χ1v) is 4.81. The molecule has 0 fully saturated rings. The Hall–Kier alpha value is -2.09. The molecule has 0 unspecified atom stereocenters. The Balaban J connectivity index is 2.37. The lowest BCUT2D eigenvalue weighted by molar-refractivity contribution is -0.144. The number of imidazole rings is 1. The third kappa shape index (κ3) is 4.11. The molecule has 0 aromatic carbocycles. The number of nitrogens with zero attached hydrogens (tertiary/aromatic N) is 3. The lowest BCUT2D eigenvalue weighted by Crippen LogP contribution is -2.38. The van der Waals surface area contributed by atoms with Crippen molar-refractivity contribution in [3.63, 3.8) is 0 Å². The van der Waals surface area contributed by atoms with Crippen molar-refractivity contribution in [2.45, 2.75) is 6.54 Å². The van der Waals surface area contributed by atoms with Gasteiger partial charge >= 0.3 is 12.0 Å². The molecule has 1 heterocycles. The fourth-order valence-electron chi connectivity index (χ4n) is 1.07. The number of carbonyl (C=O) groups is 2. The summed E-state index contributed by atoms with van der Waals surface area (Å²) in [6, 6.07) is -0.533. The van der Waals surface area contributed by atoms with Crippen molar-refractivity contribution in [2.24, 2.45) is 7.05 Å². The Morgan fingerprint density at radius 1 is 1.65 bits per heavy atom. The van der Waals surface area contributed by atoms with Gasteiger partial charge in [-0.1, -0.05) is 0 Å². The minimum atomic E-state index is -1.16. The number of hydroxylamine groups is 1. The molecule has 8 nitrogen and oxygen atoms in total. The summed E-state index contributed by atoms with van der Waals surface area (Å²) in [6.45, 7) is -0.284. The van der Waals surface area contributed by atoms with Gasteiger partial charge in [0, 0.05) is 26.5 Å². The largest absolute Gasteiger partial charge is 0.479 e. The van der Waals surface area contributed by atoms with E-state index in [1.165, 1.54) is 4.90 Å². The van der Waals surface area contributed by atoms with Crippen LogP contribution in [-0.2, 0) is 23.2 Å². The average molecular weight is 242 g/mol. The van der Waals surface area contributed by atoms with Gasteiger partial charge in [-0.2, -0.15) is 0 Å². The molecule has 0 aliphatic carbocycles. The smallest absolute Gasteiger partial charge is 0.341 e. The quantitative estimate of drug-likeness (QED) is 0.683. The van der Waals surface area contributed by atoms with E-state index in [1.807, 2.05) is 12.5 Å². The number of nitrogens with one attached hydrogen (secondary N) is 1. The highest BCUT2D eigenvalue weighted by atomic mass is 16.7. The molecule has 0 saturated carbocycles. The van der Waals surface area contributed by atoms with Crippen molar-refractivity contribution in [1.29, 1.82) is 0 Å². The number of carboxylic acid groups (broad SMARTS) is 1. The monoisotopic (exact) mass is 242 g/mol. The summed E-state index contributed by atoms with van der Waals surface area (Å²) in [5, 5.41) is 8.31. The highest BCUT2D eigenvalue weighted by Crippen LogP contribution is 1.99. The van der Waals surface area contributed by atoms with Crippen LogP contribution < -0.4 is 5.48 Å². The molecule has 2 N–H and O–H groups in total.